The van der Waals surface area contributed by atoms with Crippen molar-refractivity contribution in [3.05, 3.63) is 0 Å². The highest BCUT2D eigenvalue weighted by atomic mass is 28.5. The zero-order valence-corrected chi connectivity index (χ0v) is 54.8. The number of rotatable bonds is 30. The molecule has 0 saturated heterocycles. The van der Waals surface area contributed by atoms with Crippen LogP contribution in [0.4, 0.5) is 0 Å². The van der Waals surface area contributed by atoms with Crippen molar-refractivity contribution < 1.29 is 32.9 Å². The molecule has 0 aliphatic rings. The van der Waals surface area contributed by atoms with Gasteiger partial charge in [0.15, 0.2) is 33.3 Å². The van der Waals surface area contributed by atoms with Crippen molar-refractivity contribution in [3.63, 3.8) is 0 Å². The Labute approximate surface area is 369 Å². The quantitative estimate of drug-likeness (QED) is 0.0707. The maximum Gasteiger partial charge on any atom is 0.314 e. The molecule has 0 atom stereocenters. The molecule has 0 heterocycles. The van der Waals surface area contributed by atoms with Gasteiger partial charge >= 0.3 is 51.4 Å². The van der Waals surface area contributed by atoms with Crippen LogP contribution in [0.1, 0.15) is 39.5 Å². The Morgan fingerprint density at radius 1 is 0.263 bits per heavy atom. The average molecular weight is 1010 g/mol. The monoisotopic (exact) mass is 1010 g/mol. The molecule has 0 bridgehead atoms. The summed E-state index contributed by atoms with van der Waals surface area (Å²) in [6.45, 7) is 59.9. The maximum atomic E-state index is 7.06. The van der Waals surface area contributed by atoms with E-state index < -0.39 is 101 Å². The Morgan fingerprint density at radius 3 is 0.667 bits per heavy atom. The zero-order chi connectivity index (χ0) is 45.4. The van der Waals surface area contributed by atoms with Crippen LogP contribution >= 0.6 is 0 Å². The summed E-state index contributed by atoms with van der Waals surface area (Å²) in [4.78, 5) is 0. The van der Waals surface area contributed by atoms with E-state index in [2.05, 4.69) is 176 Å². The lowest BCUT2D eigenvalue weighted by atomic mass is 10.4. The van der Waals surface area contributed by atoms with Crippen LogP contribution in [0.3, 0.4) is 0 Å². The van der Waals surface area contributed by atoms with E-state index in [1.807, 2.05) is 0 Å². The molecular weight excluding hydrogens is 911 g/mol. The topological polar surface area (TPSA) is 85.9 Å². The molecule has 0 radical (unpaired) electrons. The lowest BCUT2D eigenvalue weighted by Crippen LogP contribution is -2.61. The summed E-state index contributed by atoms with van der Waals surface area (Å²) in [5, 5.41) is 0. The Bertz CT molecular complexity index is 1130. The molecule has 0 spiro atoms. The van der Waals surface area contributed by atoms with Crippen LogP contribution in [-0.2, 0) is 32.9 Å². The largest absolute Gasteiger partial charge is 0.436 e. The first kappa shape index (κ1) is 59.2. The van der Waals surface area contributed by atoms with E-state index in [1.165, 1.54) is 49.9 Å². The minimum absolute atomic E-state index is 1.14. The standard InChI is InChI=1S/C36H99NO8Si12/c1-27-29-31-48(7,8)38-52(15,16)42-56(23,24)44-54(19,20)40-50(11,12)35-33-46(3,4)37-47(5,6)34-36-51(13,14)41-55(21,22)45-57(25,26)43-53(17,18)39-49(9,10)32-30-28-2/h37H,27-36H2,1-26H3. The second-order valence-corrected chi connectivity index (χ2v) is 72.3. The van der Waals surface area contributed by atoms with E-state index in [-0.39, 0.29) is 0 Å². The predicted molar refractivity (Wildman–Crippen MR) is 280 cm³/mol. The van der Waals surface area contributed by atoms with E-state index in [4.69, 9.17) is 32.9 Å². The summed E-state index contributed by atoms with van der Waals surface area (Å²) in [6, 6.07) is 7.05. The number of hydrogen-bond acceptors (Lipinski definition) is 9. The van der Waals surface area contributed by atoms with Gasteiger partial charge in [0, 0.05) is 0 Å². The highest BCUT2D eigenvalue weighted by Gasteiger charge is 2.48. The highest BCUT2D eigenvalue weighted by Crippen LogP contribution is 2.32. The molecule has 0 fully saturated rings. The van der Waals surface area contributed by atoms with Crippen molar-refractivity contribution in [3.8, 4) is 0 Å². The van der Waals surface area contributed by atoms with Gasteiger partial charge in [0.25, 0.3) is 0 Å². The Hall–Kier alpha value is 2.24. The summed E-state index contributed by atoms with van der Waals surface area (Å²) in [5.74, 6) is 0. The molecule has 57 heavy (non-hydrogen) atoms. The van der Waals surface area contributed by atoms with Gasteiger partial charge in [-0.05, 0) is 167 Å². The van der Waals surface area contributed by atoms with E-state index in [0.29, 0.717) is 0 Å². The molecule has 0 aromatic carbocycles. The second kappa shape index (κ2) is 22.0. The van der Waals surface area contributed by atoms with E-state index >= 15 is 0 Å². The van der Waals surface area contributed by atoms with Gasteiger partial charge in [-0.25, -0.2) is 0 Å². The van der Waals surface area contributed by atoms with Crippen LogP contribution in [0.5, 0.6) is 0 Å². The fourth-order valence-corrected chi connectivity index (χ4v) is 74.5. The van der Waals surface area contributed by atoms with Gasteiger partial charge in [-0.1, -0.05) is 65.7 Å². The third kappa shape index (κ3) is 28.6. The zero-order valence-electron chi connectivity index (χ0n) is 42.8. The molecule has 9 nitrogen and oxygen atoms in total. The molecule has 0 saturated carbocycles. The van der Waals surface area contributed by atoms with Gasteiger partial charge in [0.1, 0.15) is 16.5 Å². The van der Waals surface area contributed by atoms with Crippen molar-refractivity contribution in [2.75, 3.05) is 0 Å². The molecular formula is C36H99NO8Si12. The van der Waals surface area contributed by atoms with Crippen molar-refractivity contribution in [2.24, 2.45) is 0 Å². The van der Waals surface area contributed by atoms with Crippen LogP contribution in [-0.4, -0.2) is 101 Å². The summed E-state index contributed by atoms with van der Waals surface area (Å²) < 4.78 is 59.5. The fraction of sp³-hybridized carbons (Fsp3) is 1.00. The van der Waals surface area contributed by atoms with Crippen molar-refractivity contribution >= 4 is 101 Å². The summed E-state index contributed by atoms with van der Waals surface area (Å²) in [6.07, 6.45) is 4.85. The summed E-state index contributed by atoms with van der Waals surface area (Å²) in [5.41, 5.74) is 0. The smallest absolute Gasteiger partial charge is 0.314 e. The lowest BCUT2D eigenvalue weighted by Gasteiger charge is -2.43. The first-order chi connectivity index (χ1) is 24.9. The van der Waals surface area contributed by atoms with E-state index in [9.17, 15) is 0 Å². The Balaban J connectivity index is 5.35. The van der Waals surface area contributed by atoms with Crippen molar-refractivity contribution in [1.29, 1.82) is 0 Å². The first-order valence-electron chi connectivity index (χ1n) is 22.3. The van der Waals surface area contributed by atoms with Gasteiger partial charge in [0.05, 0.1) is 0 Å². The molecule has 0 aromatic rings. The van der Waals surface area contributed by atoms with Crippen molar-refractivity contribution in [2.45, 2.75) is 233 Å². The van der Waals surface area contributed by atoms with E-state index in [1.54, 1.807) is 0 Å². The highest BCUT2D eigenvalue weighted by molar-refractivity contribution is 6.95. The van der Waals surface area contributed by atoms with Crippen LogP contribution < -0.4 is 4.65 Å². The molecule has 21 heteroatoms. The molecule has 344 valence electrons. The van der Waals surface area contributed by atoms with Crippen LogP contribution in [0.25, 0.3) is 0 Å². The average Bonchev–Trinajstić information content (AvgIpc) is 2.87. The normalized spacial score (nSPS) is 15.5. The van der Waals surface area contributed by atoms with Crippen LogP contribution in [0.2, 0.25) is 193 Å². The van der Waals surface area contributed by atoms with Gasteiger partial charge in [-0.2, -0.15) is 0 Å². The van der Waals surface area contributed by atoms with Gasteiger partial charge in [0.2, 0.25) is 0 Å². The fourth-order valence-electron chi connectivity index (χ4n) is 8.83. The molecule has 0 aliphatic carbocycles. The molecule has 0 aromatic heterocycles. The second-order valence-electron chi connectivity index (χ2n) is 23.4. The number of hydrogen-bond donors (Lipinski definition) is 1. The molecule has 0 aliphatic heterocycles. The van der Waals surface area contributed by atoms with Crippen molar-refractivity contribution in [1.82, 2.24) is 4.65 Å². The molecule has 0 amide bonds. The van der Waals surface area contributed by atoms with Gasteiger partial charge < -0.3 is 37.6 Å². The number of unbranched alkanes of at least 4 members (excludes halogenated alkanes) is 2. The number of nitrogens with one attached hydrogen (secondary N) is 1. The molecule has 1 N–H and O–H groups in total. The van der Waals surface area contributed by atoms with E-state index in [0.717, 1.165) is 12.1 Å². The first-order valence-corrected chi connectivity index (χ1v) is 58.1. The molecule has 0 rings (SSSR count). The third-order valence-electron chi connectivity index (χ3n) is 9.70. The third-order valence-corrected chi connectivity index (χ3v) is 57.6. The predicted octanol–water partition coefficient (Wildman–Crippen LogP) is 13.8. The van der Waals surface area contributed by atoms with Crippen LogP contribution in [0, 0.1) is 0 Å². The minimum atomic E-state index is -2.47. The van der Waals surface area contributed by atoms with Gasteiger partial charge in [-0.15, -0.1) is 0 Å². The van der Waals surface area contributed by atoms with Gasteiger partial charge in [-0.3, -0.25) is 0 Å². The SMILES string of the molecule is CCCC[Si](C)(C)O[Si](C)(C)O[Si](C)(C)O[Si](C)(C)O[Si](C)(C)CC[Si](C)(C)N[Si](C)(C)CC[Si](C)(C)O[Si](C)(C)O[Si](C)(C)O[Si](C)(C)O[Si](C)(C)CCCC. The Kier molecular flexibility index (Phi) is 22.8. The minimum Gasteiger partial charge on any atom is -0.436 e. The Morgan fingerprint density at radius 2 is 0.456 bits per heavy atom. The van der Waals surface area contributed by atoms with Crippen LogP contribution in [0.15, 0.2) is 0 Å². The lowest BCUT2D eigenvalue weighted by molar-refractivity contribution is 0.295. The summed E-state index contributed by atoms with van der Waals surface area (Å²) >= 11 is 0. The summed E-state index contributed by atoms with van der Waals surface area (Å²) in [7, 11) is -25.4. The maximum absolute atomic E-state index is 7.06. The molecule has 0 unspecified atom stereocenters.